The molecule has 0 fully saturated rings. The molecule has 0 bridgehead atoms. The van der Waals surface area contributed by atoms with E-state index >= 15 is 0 Å². The Hall–Kier alpha value is -1.86. The molecule has 1 aromatic heterocycles. The van der Waals surface area contributed by atoms with E-state index in [1.54, 1.807) is 25.1 Å². The second-order valence-corrected chi connectivity index (χ2v) is 4.74. The normalized spacial score (nSPS) is 10.7. The van der Waals surface area contributed by atoms with Gasteiger partial charge in [-0.25, -0.2) is 0 Å². The summed E-state index contributed by atoms with van der Waals surface area (Å²) in [5.74, 6) is 0.759. The average molecular weight is 315 g/mol. The van der Waals surface area contributed by atoms with Gasteiger partial charge in [-0.15, -0.1) is 12.4 Å². The fourth-order valence-electron chi connectivity index (χ4n) is 1.82. The highest BCUT2D eigenvalue weighted by molar-refractivity contribution is 5.85. The third kappa shape index (κ3) is 3.83. The molecule has 116 valence electrons. The Labute approximate surface area is 128 Å². The van der Waals surface area contributed by atoms with Crippen molar-refractivity contribution in [2.45, 2.75) is 13.3 Å². The van der Waals surface area contributed by atoms with Gasteiger partial charge in [0.1, 0.15) is 17.9 Å². The van der Waals surface area contributed by atoms with Crippen LogP contribution in [0.2, 0.25) is 0 Å². The third-order valence-corrected chi connectivity index (χ3v) is 2.94. The van der Waals surface area contributed by atoms with Crippen molar-refractivity contribution in [2.24, 2.45) is 0 Å². The van der Waals surface area contributed by atoms with E-state index in [2.05, 4.69) is 5.10 Å². The number of hydrogen-bond donors (Lipinski definition) is 0. The maximum absolute atomic E-state index is 12.1. The van der Waals surface area contributed by atoms with Crippen molar-refractivity contribution in [2.75, 3.05) is 27.2 Å². The van der Waals surface area contributed by atoms with E-state index in [1.807, 2.05) is 19.0 Å². The van der Waals surface area contributed by atoms with Crippen LogP contribution >= 0.6 is 12.4 Å². The SMILES string of the molecule is CCc1nn([O-])c2ccc(OCCN(C)C)cc2[n+]1=O.Cl. The minimum absolute atomic E-state index is 0. The van der Waals surface area contributed by atoms with Crippen LogP contribution in [-0.2, 0) is 6.42 Å². The topological polar surface area (TPSA) is 76.3 Å². The van der Waals surface area contributed by atoms with E-state index in [-0.39, 0.29) is 29.3 Å². The van der Waals surface area contributed by atoms with E-state index in [0.717, 1.165) is 6.54 Å². The first-order valence-corrected chi connectivity index (χ1v) is 6.46. The van der Waals surface area contributed by atoms with Crippen molar-refractivity contribution in [3.8, 4) is 5.75 Å². The van der Waals surface area contributed by atoms with Crippen molar-refractivity contribution in [3.63, 3.8) is 0 Å². The van der Waals surface area contributed by atoms with Crippen LogP contribution in [0, 0.1) is 10.1 Å². The van der Waals surface area contributed by atoms with Crippen LogP contribution in [0.5, 0.6) is 5.75 Å². The predicted octanol–water partition coefficient (Wildman–Crippen LogP) is 1.22. The van der Waals surface area contributed by atoms with Crippen molar-refractivity contribution in [1.29, 1.82) is 0 Å². The molecule has 0 spiro atoms. The Kier molecular flexibility index (Phi) is 5.92. The smallest absolute Gasteiger partial charge is 0.367 e. The minimum atomic E-state index is 0. The van der Waals surface area contributed by atoms with Crippen LogP contribution in [0.3, 0.4) is 0 Å². The van der Waals surface area contributed by atoms with Gasteiger partial charge in [-0.1, -0.05) is 11.8 Å². The first kappa shape index (κ1) is 17.2. The molecule has 1 heterocycles. The lowest BCUT2D eigenvalue weighted by molar-refractivity contribution is -0.480. The Morgan fingerprint density at radius 2 is 2.14 bits per heavy atom. The number of nitrogens with zero attached hydrogens (tertiary/aromatic N) is 4. The molecule has 0 aliphatic carbocycles. The van der Waals surface area contributed by atoms with Gasteiger partial charge < -0.3 is 14.8 Å². The second-order valence-electron chi connectivity index (χ2n) is 4.74. The molecule has 7 nitrogen and oxygen atoms in total. The molecule has 0 atom stereocenters. The van der Waals surface area contributed by atoms with Crippen LogP contribution in [0.4, 0.5) is 0 Å². The summed E-state index contributed by atoms with van der Waals surface area (Å²) < 4.78 is 6.25. The first-order valence-electron chi connectivity index (χ1n) is 6.46. The molecular weight excluding hydrogens is 296 g/mol. The third-order valence-electron chi connectivity index (χ3n) is 2.94. The monoisotopic (exact) mass is 314 g/mol. The zero-order valence-corrected chi connectivity index (χ0v) is 13.1. The van der Waals surface area contributed by atoms with Gasteiger partial charge in [0.25, 0.3) is 0 Å². The Morgan fingerprint density at radius 3 is 2.76 bits per heavy atom. The molecule has 2 aromatic rings. The van der Waals surface area contributed by atoms with Crippen LogP contribution in [0.15, 0.2) is 18.2 Å². The van der Waals surface area contributed by atoms with Gasteiger partial charge in [0.15, 0.2) is 0 Å². The molecule has 2 rings (SSSR count). The molecule has 0 radical (unpaired) electrons. The maximum atomic E-state index is 12.1. The highest BCUT2D eigenvalue weighted by atomic mass is 35.5. The zero-order chi connectivity index (χ0) is 14.7. The standard InChI is InChI=1S/C13H18N4O3.ClH/c1-4-13-14-17(19)11-6-5-10(9-12(11)16(13)18)20-8-7-15(2)3;/h5-6,9H,4,7-8H2,1-3H3;1H. The van der Waals surface area contributed by atoms with Gasteiger partial charge in [-0.2, -0.15) is 4.85 Å². The number of aryl methyl sites for hydroxylation is 1. The molecule has 21 heavy (non-hydrogen) atoms. The fourth-order valence-corrected chi connectivity index (χ4v) is 1.82. The number of likely N-dealkylation sites (N-methyl/N-ethyl adjacent to an activating group) is 1. The Morgan fingerprint density at radius 1 is 1.43 bits per heavy atom. The van der Waals surface area contributed by atoms with Crippen molar-refractivity contribution < 1.29 is 9.16 Å². The van der Waals surface area contributed by atoms with E-state index in [9.17, 15) is 10.1 Å². The van der Waals surface area contributed by atoms with Crippen LogP contribution in [0.1, 0.15) is 12.7 Å². The summed E-state index contributed by atoms with van der Waals surface area (Å²) in [6.07, 6.45) is 0.396. The quantitative estimate of drug-likeness (QED) is 0.776. The fraction of sp³-hybridized carbons (Fsp3) is 0.462. The highest BCUT2D eigenvalue weighted by Crippen LogP contribution is 2.17. The van der Waals surface area contributed by atoms with Gasteiger partial charge in [-0.3, -0.25) is 0 Å². The summed E-state index contributed by atoms with van der Waals surface area (Å²) in [6.45, 7) is 3.06. The summed E-state index contributed by atoms with van der Waals surface area (Å²) >= 11 is 0. The molecule has 8 heteroatoms. The molecule has 0 N–H and O–H groups in total. The van der Waals surface area contributed by atoms with Crippen molar-refractivity contribution >= 4 is 23.4 Å². The van der Waals surface area contributed by atoms with Gasteiger partial charge in [0.2, 0.25) is 5.52 Å². The van der Waals surface area contributed by atoms with Gasteiger partial charge >= 0.3 is 5.82 Å². The maximum Gasteiger partial charge on any atom is 0.367 e. The van der Waals surface area contributed by atoms with E-state index < -0.39 is 0 Å². The second kappa shape index (κ2) is 7.24. The number of halogens is 1. The molecule has 0 aliphatic rings. The zero-order valence-electron chi connectivity index (χ0n) is 12.3. The summed E-state index contributed by atoms with van der Waals surface area (Å²) in [6, 6.07) is 4.79. The number of aromatic nitrogens is 3. The predicted molar refractivity (Wildman–Crippen MR) is 82.5 cm³/mol. The van der Waals surface area contributed by atoms with Crippen LogP contribution in [0.25, 0.3) is 11.0 Å². The lowest BCUT2D eigenvalue weighted by Crippen LogP contribution is -2.26. The number of hydrogen-bond acceptors (Lipinski definition) is 5. The highest BCUT2D eigenvalue weighted by Gasteiger charge is 2.15. The largest absolute Gasteiger partial charge is 0.772 e. The molecule has 1 aromatic carbocycles. The summed E-state index contributed by atoms with van der Waals surface area (Å²) in [5.41, 5.74) is 0.506. The summed E-state index contributed by atoms with van der Waals surface area (Å²) in [5, 5.41) is 15.4. The number of rotatable bonds is 5. The van der Waals surface area contributed by atoms with Gasteiger partial charge in [-0.05, 0) is 26.2 Å². The van der Waals surface area contributed by atoms with Gasteiger partial charge in [0.05, 0.1) is 11.5 Å². The van der Waals surface area contributed by atoms with Gasteiger partial charge in [0, 0.05) is 17.0 Å². The molecule has 0 aliphatic heterocycles. The average Bonchev–Trinajstić information content (AvgIpc) is 2.42. The number of benzene rings is 1. The van der Waals surface area contributed by atoms with E-state index in [1.165, 1.54) is 0 Å². The molecular formula is C13H19ClN4O3. The van der Waals surface area contributed by atoms with Crippen LogP contribution in [-0.4, -0.2) is 42.1 Å². The molecule has 0 amide bonds. The summed E-state index contributed by atoms with van der Waals surface area (Å²) in [4.78, 5) is 14.6. The van der Waals surface area contributed by atoms with E-state index in [0.29, 0.717) is 28.0 Å². The minimum Gasteiger partial charge on any atom is -0.772 e. The van der Waals surface area contributed by atoms with E-state index in [4.69, 9.17) is 4.74 Å². The lowest BCUT2D eigenvalue weighted by atomic mass is 10.3. The Bertz CT molecular complexity index is 672. The first-order chi connectivity index (χ1) is 9.52. The summed E-state index contributed by atoms with van der Waals surface area (Å²) in [7, 11) is 3.91. The van der Waals surface area contributed by atoms with Crippen molar-refractivity contribution in [1.82, 2.24) is 14.8 Å². The molecule has 0 saturated carbocycles. The molecule has 0 saturated heterocycles. The van der Waals surface area contributed by atoms with Crippen molar-refractivity contribution in [3.05, 3.63) is 34.1 Å². The Balaban J connectivity index is 0.00000220. The number of ether oxygens (including phenoxy) is 1. The van der Waals surface area contributed by atoms with Crippen LogP contribution < -0.4 is 9.16 Å². The lowest BCUT2D eigenvalue weighted by Gasteiger charge is -2.11. The molecule has 0 unspecified atom stereocenters. The number of fused-ring (bicyclic) bond motifs is 1.